The Kier molecular flexibility index (Phi) is 6.03. The van der Waals surface area contributed by atoms with Gasteiger partial charge in [-0.25, -0.2) is 8.42 Å². The van der Waals surface area contributed by atoms with Crippen LogP contribution in [0.15, 0.2) is 12.1 Å². The fraction of sp³-hybridized carbons (Fsp3) is 0.538. The number of sulfonamides is 1. The Labute approximate surface area is 140 Å². The topological polar surface area (TPSA) is 58.2 Å². The Morgan fingerprint density at radius 2 is 1.71 bits per heavy atom. The summed E-state index contributed by atoms with van der Waals surface area (Å²) in [7, 11) is -3.47. The second kappa shape index (κ2) is 7.38. The van der Waals surface area contributed by atoms with E-state index in [1.165, 1.54) is 25.0 Å². The van der Waals surface area contributed by atoms with Crippen molar-refractivity contribution in [1.29, 1.82) is 0 Å². The minimum atomic E-state index is -3.47. The molecule has 0 atom stereocenters. The molecule has 0 spiro atoms. The SMILES string of the molecule is O=S(=O)(CCCCNC1CC1)Nc1c(Cl)cc(Cl)cc1Cl. The van der Waals surface area contributed by atoms with Gasteiger partial charge in [0.25, 0.3) is 0 Å². The number of unbranched alkanes of at least 4 members (excludes halogenated alkanes) is 1. The Balaban J connectivity index is 1.85. The highest BCUT2D eigenvalue weighted by Crippen LogP contribution is 2.34. The lowest BCUT2D eigenvalue weighted by Crippen LogP contribution is -2.20. The summed E-state index contributed by atoms with van der Waals surface area (Å²) in [5.41, 5.74) is 0.179. The van der Waals surface area contributed by atoms with Crippen molar-refractivity contribution >= 4 is 50.5 Å². The van der Waals surface area contributed by atoms with Gasteiger partial charge in [0.2, 0.25) is 10.0 Å². The number of hydrogen-bond donors (Lipinski definition) is 2. The standard InChI is InChI=1S/C13H17Cl3N2O2S/c14-9-7-11(15)13(12(16)8-9)18-21(19,20)6-2-1-5-17-10-3-4-10/h7-8,10,17-18H,1-6H2. The predicted molar refractivity (Wildman–Crippen MR) is 89.1 cm³/mol. The first-order chi connectivity index (χ1) is 9.87. The van der Waals surface area contributed by atoms with Crippen molar-refractivity contribution in [1.82, 2.24) is 5.32 Å². The van der Waals surface area contributed by atoms with Gasteiger partial charge in [-0.1, -0.05) is 34.8 Å². The maximum Gasteiger partial charge on any atom is 0.232 e. The highest BCUT2D eigenvalue weighted by atomic mass is 35.5. The van der Waals surface area contributed by atoms with Crippen LogP contribution in [0.1, 0.15) is 25.7 Å². The summed E-state index contributed by atoms with van der Waals surface area (Å²) < 4.78 is 26.5. The second-order valence-electron chi connectivity index (χ2n) is 5.10. The second-order valence-corrected chi connectivity index (χ2v) is 8.19. The third kappa shape index (κ3) is 5.83. The molecule has 1 aliphatic rings. The fourth-order valence-electron chi connectivity index (χ4n) is 1.86. The third-order valence-electron chi connectivity index (χ3n) is 3.11. The largest absolute Gasteiger partial charge is 0.314 e. The highest BCUT2D eigenvalue weighted by molar-refractivity contribution is 7.92. The number of halogens is 3. The Morgan fingerprint density at radius 1 is 1.10 bits per heavy atom. The third-order valence-corrected chi connectivity index (χ3v) is 5.27. The van der Waals surface area contributed by atoms with E-state index in [9.17, 15) is 8.42 Å². The van der Waals surface area contributed by atoms with Crippen LogP contribution >= 0.6 is 34.8 Å². The molecule has 0 saturated heterocycles. The Morgan fingerprint density at radius 3 is 2.29 bits per heavy atom. The molecule has 0 amide bonds. The molecule has 2 rings (SSSR count). The van der Waals surface area contributed by atoms with Crippen molar-refractivity contribution < 1.29 is 8.42 Å². The number of anilines is 1. The molecule has 0 unspecified atom stereocenters. The summed E-state index contributed by atoms with van der Waals surface area (Å²) in [5.74, 6) is 0.0363. The molecular weight excluding hydrogens is 355 g/mol. The molecule has 0 bridgehead atoms. The van der Waals surface area contributed by atoms with Crippen molar-refractivity contribution in [2.24, 2.45) is 0 Å². The molecule has 8 heteroatoms. The van der Waals surface area contributed by atoms with E-state index in [-0.39, 0.29) is 21.5 Å². The highest BCUT2D eigenvalue weighted by Gasteiger charge is 2.20. The van der Waals surface area contributed by atoms with Crippen LogP contribution in [0.4, 0.5) is 5.69 Å². The van der Waals surface area contributed by atoms with E-state index in [2.05, 4.69) is 10.0 Å². The van der Waals surface area contributed by atoms with E-state index in [0.717, 1.165) is 13.0 Å². The minimum Gasteiger partial charge on any atom is -0.314 e. The summed E-state index contributed by atoms with van der Waals surface area (Å²) >= 11 is 17.7. The van der Waals surface area contributed by atoms with E-state index < -0.39 is 10.0 Å². The molecule has 1 aliphatic carbocycles. The smallest absolute Gasteiger partial charge is 0.232 e. The van der Waals surface area contributed by atoms with Gasteiger partial charge >= 0.3 is 0 Å². The lowest BCUT2D eigenvalue weighted by molar-refractivity contribution is 0.591. The van der Waals surface area contributed by atoms with Crippen molar-refractivity contribution in [3.63, 3.8) is 0 Å². The van der Waals surface area contributed by atoms with Gasteiger partial charge in [0, 0.05) is 11.1 Å². The van der Waals surface area contributed by atoms with Crippen molar-refractivity contribution in [3.8, 4) is 0 Å². The van der Waals surface area contributed by atoms with Gasteiger partial charge in [0.05, 0.1) is 21.5 Å². The van der Waals surface area contributed by atoms with Gasteiger partial charge in [-0.3, -0.25) is 4.72 Å². The van der Waals surface area contributed by atoms with Crippen LogP contribution in [0.25, 0.3) is 0 Å². The number of nitrogens with one attached hydrogen (secondary N) is 2. The average Bonchev–Trinajstić information content (AvgIpc) is 3.17. The monoisotopic (exact) mass is 370 g/mol. The Hall–Kier alpha value is -0.200. The van der Waals surface area contributed by atoms with Gasteiger partial charge in [0.1, 0.15) is 0 Å². The lowest BCUT2D eigenvalue weighted by Gasteiger charge is -2.11. The van der Waals surface area contributed by atoms with Gasteiger partial charge < -0.3 is 5.32 Å². The molecule has 0 aromatic heterocycles. The number of benzene rings is 1. The maximum atomic E-state index is 12.0. The molecule has 0 aliphatic heterocycles. The van der Waals surface area contributed by atoms with Crippen LogP contribution in [0.3, 0.4) is 0 Å². The first-order valence-electron chi connectivity index (χ1n) is 6.76. The van der Waals surface area contributed by atoms with Crippen LogP contribution in [0.2, 0.25) is 15.1 Å². The molecule has 0 radical (unpaired) electrons. The van der Waals surface area contributed by atoms with Crippen LogP contribution in [0, 0.1) is 0 Å². The first kappa shape index (κ1) is 17.2. The molecular formula is C13H17Cl3N2O2S. The van der Waals surface area contributed by atoms with Crippen molar-refractivity contribution in [3.05, 3.63) is 27.2 Å². The summed E-state index contributed by atoms with van der Waals surface area (Å²) in [6.45, 7) is 0.850. The lowest BCUT2D eigenvalue weighted by atomic mass is 10.3. The molecule has 1 saturated carbocycles. The van der Waals surface area contributed by atoms with Gasteiger partial charge in [-0.05, 0) is 44.4 Å². The quantitative estimate of drug-likeness (QED) is 0.681. The normalized spacial score (nSPS) is 15.2. The van der Waals surface area contributed by atoms with Crippen LogP contribution in [-0.2, 0) is 10.0 Å². The van der Waals surface area contributed by atoms with Crippen molar-refractivity contribution in [2.75, 3.05) is 17.0 Å². The molecule has 0 heterocycles. The van der Waals surface area contributed by atoms with E-state index in [4.69, 9.17) is 34.8 Å². The molecule has 2 N–H and O–H groups in total. The zero-order valence-electron chi connectivity index (χ0n) is 11.3. The zero-order valence-corrected chi connectivity index (χ0v) is 14.4. The summed E-state index contributed by atoms with van der Waals surface area (Å²) in [6, 6.07) is 3.55. The van der Waals surface area contributed by atoms with Gasteiger partial charge in [-0.15, -0.1) is 0 Å². The summed E-state index contributed by atoms with van der Waals surface area (Å²) in [5, 5.41) is 4.08. The molecule has 21 heavy (non-hydrogen) atoms. The van der Waals surface area contributed by atoms with Crippen LogP contribution in [-0.4, -0.2) is 26.8 Å². The minimum absolute atomic E-state index is 0.0363. The van der Waals surface area contributed by atoms with Crippen LogP contribution in [0.5, 0.6) is 0 Å². The van der Waals surface area contributed by atoms with Gasteiger partial charge in [-0.2, -0.15) is 0 Å². The number of rotatable bonds is 8. The van der Waals surface area contributed by atoms with E-state index >= 15 is 0 Å². The molecule has 118 valence electrons. The predicted octanol–water partition coefficient (Wildman–Crippen LogP) is 3.92. The van der Waals surface area contributed by atoms with Crippen molar-refractivity contribution in [2.45, 2.75) is 31.7 Å². The maximum absolute atomic E-state index is 12.0. The van der Waals surface area contributed by atoms with E-state index in [1.54, 1.807) is 0 Å². The molecule has 1 aromatic carbocycles. The average molecular weight is 372 g/mol. The number of hydrogen-bond acceptors (Lipinski definition) is 3. The van der Waals surface area contributed by atoms with Gasteiger partial charge in [0.15, 0.2) is 0 Å². The molecule has 4 nitrogen and oxygen atoms in total. The van der Waals surface area contributed by atoms with Crippen LogP contribution < -0.4 is 10.0 Å². The molecule has 1 aromatic rings. The van der Waals surface area contributed by atoms with E-state index in [0.29, 0.717) is 17.5 Å². The molecule has 1 fully saturated rings. The zero-order chi connectivity index (χ0) is 15.5. The fourth-order valence-corrected chi connectivity index (χ4v) is 4.10. The van der Waals surface area contributed by atoms with E-state index in [1.807, 2.05) is 0 Å². The summed E-state index contributed by atoms with van der Waals surface area (Å²) in [6.07, 6.45) is 3.86. The Bertz CT molecular complexity index is 580. The first-order valence-corrected chi connectivity index (χ1v) is 9.54. The summed E-state index contributed by atoms with van der Waals surface area (Å²) in [4.78, 5) is 0.